The lowest BCUT2D eigenvalue weighted by molar-refractivity contribution is -0.141. The third-order valence-electron chi connectivity index (χ3n) is 2.98. The topological polar surface area (TPSA) is 39.2 Å². The van der Waals surface area contributed by atoms with E-state index in [4.69, 9.17) is 16.3 Å². The van der Waals surface area contributed by atoms with E-state index in [1.807, 2.05) is 24.3 Å². The van der Waals surface area contributed by atoms with Crippen LogP contribution < -0.4 is 0 Å². The summed E-state index contributed by atoms with van der Waals surface area (Å²) in [4.78, 5) is 15.5. The standard InChI is InChI=1S/C13H10ClNO2/c14-10-4-3-9(11-5-6-12(16)17-11)13-8(10)2-1-7-15-13/h1-4,7,11H,5-6H2. The van der Waals surface area contributed by atoms with Gasteiger partial charge in [0.05, 0.1) is 5.52 Å². The number of halogens is 1. The van der Waals surface area contributed by atoms with Crippen molar-refractivity contribution in [1.82, 2.24) is 4.98 Å². The predicted octanol–water partition coefficient (Wildman–Crippen LogP) is 3.27. The number of pyridine rings is 1. The quantitative estimate of drug-likeness (QED) is 0.726. The van der Waals surface area contributed by atoms with Gasteiger partial charge in [0.1, 0.15) is 6.10 Å². The number of ether oxygens (including phenoxy) is 1. The molecule has 0 bridgehead atoms. The molecule has 1 aromatic heterocycles. The van der Waals surface area contributed by atoms with E-state index >= 15 is 0 Å². The van der Waals surface area contributed by atoms with E-state index in [1.54, 1.807) is 6.20 Å². The Kier molecular flexibility index (Phi) is 2.48. The number of carbonyl (C=O) groups excluding carboxylic acids is 1. The number of carbonyl (C=O) groups is 1. The molecule has 0 aliphatic carbocycles. The lowest BCUT2D eigenvalue weighted by Gasteiger charge is -2.12. The molecule has 4 heteroatoms. The minimum absolute atomic E-state index is 0.144. The number of nitrogens with zero attached hydrogens (tertiary/aromatic N) is 1. The van der Waals surface area contributed by atoms with Crippen LogP contribution in [0, 0.1) is 0 Å². The zero-order valence-electron chi connectivity index (χ0n) is 9.02. The van der Waals surface area contributed by atoms with Crippen molar-refractivity contribution in [3.8, 4) is 0 Å². The number of esters is 1. The molecule has 3 nitrogen and oxygen atoms in total. The van der Waals surface area contributed by atoms with Gasteiger partial charge >= 0.3 is 5.97 Å². The molecule has 0 radical (unpaired) electrons. The Labute approximate surface area is 103 Å². The Hall–Kier alpha value is -1.61. The fraction of sp³-hybridized carbons (Fsp3) is 0.231. The normalized spacial score (nSPS) is 19.6. The molecule has 1 saturated heterocycles. The van der Waals surface area contributed by atoms with Gasteiger partial charge in [-0.15, -0.1) is 0 Å². The first-order valence-electron chi connectivity index (χ1n) is 5.48. The van der Waals surface area contributed by atoms with Crippen molar-refractivity contribution in [1.29, 1.82) is 0 Å². The first-order valence-corrected chi connectivity index (χ1v) is 5.86. The van der Waals surface area contributed by atoms with Gasteiger partial charge in [0.25, 0.3) is 0 Å². The molecule has 3 rings (SSSR count). The summed E-state index contributed by atoms with van der Waals surface area (Å²) >= 11 is 6.12. The van der Waals surface area contributed by atoms with Crippen LogP contribution in [0.2, 0.25) is 5.02 Å². The highest BCUT2D eigenvalue weighted by molar-refractivity contribution is 6.35. The predicted molar refractivity (Wildman–Crippen MR) is 64.8 cm³/mol. The Morgan fingerprint density at radius 1 is 1.35 bits per heavy atom. The molecule has 0 amide bonds. The van der Waals surface area contributed by atoms with Gasteiger partial charge in [0, 0.05) is 28.6 Å². The third kappa shape index (κ3) is 1.76. The Morgan fingerprint density at radius 2 is 2.24 bits per heavy atom. The summed E-state index contributed by atoms with van der Waals surface area (Å²) < 4.78 is 5.27. The summed E-state index contributed by atoms with van der Waals surface area (Å²) in [7, 11) is 0. The summed E-state index contributed by atoms with van der Waals surface area (Å²) in [6, 6.07) is 7.48. The van der Waals surface area contributed by atoms with E-state index in [9.17, 15) is 4.79 Å². The SMILES string of the molecule is O=C1CCC(c2ccc(Cl)c3cccnc23)O1. The number of benzene rings is 1. The van der Waals surface area contributed by atoms with Gasteiger partial charge in [0.2, 0.25) is 0 Å². The van der Waals surface area contributed by atoms with Crippen LogP contribution in [0.4, 0.5) is 0 Å². The maximum absolute atomic E-state index is 11.2. The van der Waals surface area contributed by atoms with Crippen LogP contribution in [-0.4, -0.2) is 11.0 Å². The molecule has 1 atom stereocenters. The Bertz CT molecular complexity index is 597. The monoisotopic (exact) mass is 247 g/mol. The second kappa shape index (κ2) is 4.00. The summed E-state index contributed by atoms with van der Waals surface area (Å²) in [6.45, 7) is 0. The molecule has 17 heavy (non-hydrogen) atoms. The highest BCUT2D eigenvalue weighted by Crippen LogP contribution is 2.35. The van der Waals surface area contributed by atoms with E-state index in [2.05, 4.69) is 4.98 Å². The van der Waals surface area contributed by atoms with Gasteiger partial charge in [-0.25, -0.2) is 0 Å². The van der Waals surface area contributed by atoms with Crippen LogP contribution in [0.15, 0.2) is 30.5 Å². The number of fused-ring (bicyclic) bond motifs is 1. The molecule has 1 unspecified atom stereocenters. The lowest BCUT2D eigenvalue weighted by Crippen LogP contribution is -2.00. The summed E-state index contributed by atoms with van der Waals surface area (Å²) in [5, 5.41) is 1.57. The van der Waals surface area contributed by atoms with Crippen molar-refractivity contribution in [3.05, 3.63) is 41.0 Å². The second-order valence-electron chi connectivity index (χ2n) is 4.05. The smallest absolute Gasteiger partial charge is 0.306 e. The molecule has 0 N–H and O–H groups in total. The number of aromatic nitrogens is 1. The highest BCUT2D eigenvalue weighted by Gasteiger charge is 2.26. The molecule has 2 heterocycles. The molecule has 1 aliphatic rings. The molecule has 86 valence electrons. The van der Waals surface area contributed by atoms with Crippen molar-refractivity contribution >= 4 is 28.5 Å². The third-order valence-corrected chi connectivity index (χ3v) is 3.31. The van der Waals surface area contributed by atoms with Gasteiger partial charge in [-0.2, -0.15) is 0 Å². The van der Waals surface area contributed by atoms with E-state index in [1.165, 1.54) is 0 Å². The molecule has 2 aromatic rings. The van der Waals surface area contributed by atoms with Gasteiger partial charge in [-0.05, 0) is 24.6 Å². The number of hydrogen-bond donors (Lipinski definition) is 0. The molecular weight excluding hydrogens is 238 g/mol. The fourth-order valence-electron chi connectivity index (χ4n) is 2.16. The van der Waals surface area contributed by atoms with Crippen LogP contribution >= 0.6 is 11.6 Å². The molecule has 1 fully saturated rings. The van der Waals surface area contributed by atoms with Crippen LogP contribution in [0.5, 0.6) is 0 Å². The largest absolute Gasteiger partial charge is 0.457 e. The first-order chi connectivity index (χ1) is 8.25. The van der Waals surface area contributed by atoms with Crippen molar-refractivity contribution in [2.75, 3.05) is 0 Å². The summed E-state index contributed by atoms with van der Waals surface area (Å²) in [6.07, 6.45) is 2.73. The van der Waals surface area contributed by atoms with E-state index < -0.39 is 0 Å². The van der Waals surface area contributed by atoms with Gasteiger partial charge < -0.3 is 4.74 Å². The van der Waals surface area contributed by atoms with E-state index in [0.717, 1.165) is 16.5 Å². The minimum atomic E-state index is -0.183. The Morgan fingerprint density at radius 3 is 3.00 bits per heavy atom. The van der Waals surface area contributed by atoms with Crippen molar-refractivity contribution in [2.24, 2.45) is 0 Å². The number of hydrogen-bond acceptors (Lipinski definition) is 3. The fourth-order valence-corrected chi connectivity index (χ4v) is 2.38. The average molecular weight is 248 g/mol. The van der Waals surface area contributed by atoms with Crippen LogP contribution in [0.3, 0.4) is 0 Å². The first kappa shape index (κ1) is 10.5. The van der Waals surface area contributed by atoms with Crippen molar-refractivity contribution < 1.29 is 9.53 Å². The number of rotatable bonds is 1. The van der Waals surface area contributed by atoms with Gasteiger partial charge in [0.15, 0.2) is 0 Å². The molecule has 0 spiro atoms. The van der Waals surface area contributed by atoms with Crippen molar-refractivity contribution in [2.45, 2.75) is 18.9 Å². The van der Waals surface area contributed by atoms with Crippen LogP contribution in [0.1, 0.15) is 24.5 Å². The van der Waals surface area contributed by atoms with Crippen LogP contribution in [-0.2, 0) is 9.53 Å². The Balaban J connectivity index is 2.17. The summed E-state index contributed by atoms with van der Waals surface area (Å²) in [5.74, 6) is -0.144. The van der Waals surface area contributed by atoms with Crippen LogP contribution in [0.25, 0.3) is 10.9 Å². The summed E-state index contributed by atoms with van der Waals surface area (Å²) in [5.41, 5.74) is 1.76. The van der Waals surface area contributed by atoms with E-state index in [0.29, 0.717) is 17.9 Å². The number of cyclic esters (lactones) is 1. The zero-order valence-corrected chi connectivity index (χ0v) is 9.78. The molecule has 0 saturated carbocycles. The average Bonchev–Trinajstić information content (AvgIpc) is 2.77. The maximum Gasteiger partial charge on any atom is 0.306 e. The van der Waals surface area contributed by atoms with Gasteiger partial charge in [-0.3, -0.25) is 9.78 Å². The van der Waals surface area contributed by atoms with Gasteiger partial charge in [-0.1, -0.05) is 17.7 Å². The zero-order chi connectivity index (χ0) is 11.8. The molecule has 1 aliphatic heterocycles. The maximum atomic E-state index is 11.2. The van der Waals surface area contributed by atoms with Crippen molar-refractivity contribution in [3.63, 3.8) is 0 Å². The highest BCUT2D eigenvalue weighted by atomic mass is 35.5. The van der Waals surface area contributed by atoms with E-state index in [-0.39, 0.29) is 12.1 Å². The lowest BCUT2D eigenvalue weighted by atomic mass is 10.0. The second-order valence-corrected chi connectivity index (χ2v) is 4.46. The minimum Gasteiger partial charge on any atom is -0.457 e. The molecular formula is C13H10ClNO2. The molecule has 1 aromatic carbocycles.